The number of nitrogens with one attached hydrogen (secondary N) is 2. The minimum Gasteiger partial charge on any atom is -0.325 e. The van der Waals surface area contributed by atoms with Gasteiger partial charge in [0.1, 0.15) is 0 Å². The Morgan fingerprint density at radius 1 is 1.50 bits per heavy atom. The van der Waals surface area contributed by atoms with Crippen LogP contribution in [-0.2, 0) is 4.79 Å². The molecule has 1 aromatic rings. The predicted molar refractivity (Wildman–Crippen MR) is 78.2 cm³/mol. The van der Waals surface area contributed by atoms with E-state index in [1.807, 2.05) is 43.0 Å². The summed E-state index contributed by atoms with van der Waals surface area (Å²) in [5, 5.41) is 6.82. The summed E-state index contributed by atoms with van der Waals surface area (Å²) in [6.07, 6.45) is 2.59. The fraction of sp³-hybridized carbons (Fsp3) is 0.500. The Morgan fingerprint density at radius 2 is 2.39 bits per heavy atom. The second-order valence-corrected chi connectivity index (χ2v) is 6.09. The second-order valence-electron chi connectivity index (χ2n) is 4.68. The number of benzene rings is 1. The van der Waals surface area contributed by atoms with E-state index in [0.29, 0.717) is 11.8 Å². The van der Waals surface area contributed by atoms with Crippen LogP contribution in [0.4, 0.5) is 5.69 Å². The summed E-state index contributed by atoms with van der Waals surface area (Å²) in [7, 11) is 0. The molecule has 98 valence electrons. The summed E-state index contributed by atoms with van der Waals surface area (Å²) < 4.78 is 0. The molecule has 0 aromatic heterocycles. The van der Waals surface area contributed by atoms with Gasteiger partial charge < -0.3 is 10.6 Å². The van der Waals surface area contributed by atoms with Crippen molar-refractivity contribution in [3.05, 3.63) is 29.8 Å². The number of carbonyl (C=O) groups is 1. The molecule has 1 amide bonds. The molecule has 1 atom stereocenters. The van der Waals surface area contributed by atoms with E-state index in [9.17, 15) is 4.79 Å². The minimum absolute atomic E-state index is 0.0311. The number of amides is 1. The van der Waals surface area contributed by atoms with Crippen LogP contribution in [0.15, 0.2) is 24.3 Å². The standard InChI is InChI=1S/C14H20N2OS/c1-11-4-2-5-12(8-11)16-14(17)10-15-9-13-6-3-7-18-13/h2,4-5,8,13,15H,3,6-7,9-10H2,1H3,(H,16,17). The first-order chi connectivity index (χ1) is 8.74. The number of carbonyl (C=O) groups excluding carboxylic acids is 1. The average molecular weight is 264 g/mol. The number of thioether (sulfide) groups is 1. The predicted octanol–water partition coefficient (Wildman–Crippen LogP) is 2.42. The summed E-state index contributed by atoms with van der Waals surface area (Å²) in [6, 6.07) is 7.86. The largest absolute Gasteiger partial charge is 0.325 e. The monoisotopic (exact) mass is 264 g/mol. The number of aryl methyl sites for hydroxylation is 1. The normalized spacial score (nSPS) is 18.8. The zero-order valence-corrected chi connectivity index (χ0v) is 11.6. The molecule has 0 radical (unpaired) electrons. The maximum atomic E-state index is 11.7. The van der Waals surface area contributed by atoms with Crippen LogP contribution in [0.5, 0.6) is 0 Å². The van der Waals surface area contributed by atoms with E-state index < -0.39 is 0 Å². The van der Waals surface area contributed by atoms with Gasteiger partial charge in [0.15, 0.2) is 0 Å². The molecule has 1 aromatic carbocycles. The zero-order chi connectivity index (χ0) is 12.8. The lowest BCUT2D eigenvalue weighted by Gasteiger charge is -2.10. The van der Waals surface area contributed by atoms with E-state index in [1.165, 1.54) is 18.6 Å². The van der Waals surface area contributed by atoms with Crippen molar-refractivity contribution in [1.82, 2.24) is 5.32 Å². The van der Waals surface area contributed by atoms with Crippen molar-refractivity contribution in [3.63, 3.8) is 0 Å². The summed E-state index contributed by atoms with van der Waals surface area (Å²) in [5.41, 5.74) is 2.03. The molecule has 0 saturated carbocycles. The van der Waals surface area contributed by atoms with Gasteiger partial charge in [0.2, 0.25) is 5.91 Å². The average Bonchev–Trinajstić information content (AvgIpc) is 2.82. The highest BCUT2D eigenvalue weighted by Gasteiger charge is 2.15. The van der Waals surface area contributed by atoms with E-state index >= 15 is 0 Å². The van der Waals surface area contributed by atoms with Crippen LogP contribution in [0.1, 0.15) is 18.4 Å². The highest BCUT2D eigenvalue weighted by Crippen LogP contribution is 2.25. The van der Waals surface area contributed by atoms with E-state index in [-0.39, 0.29) is 5.91 Å². The van der Waals surface area contributed by atoms with Gasteiger partial charge in [-0.25, -0.2) is 0 Å². The third-order valence-electron chi connectivity index (χ3n) is 2.98. The van der Waals surface area contributed by atoms with Crippen molar-refractivity contribution < 1.29 is 4.79 Å². The Balaban J connectivity index is 1.68. The van der Waals surface area contributed by atoms with Crippen molar-refractivity contribution in [1.29, 1.82) is 0 Å². The number of anilines is 1. The van der Waals surface area contributed by atoms with Gasteiger partial charge in [-0.15, -0.1) is 0 Å². The van der Waals surface area contributed by atoms with Crippen molar-refractivity contribution in [3.8, 4) is 0 Å². The second kappa shape index (κ2) is 6.81. The molecule has 0 spiro atoms. The number of hydrogen-bond acceptors (Lipinski definition) is 3. The molecule has 1 heterocycles. The Hall–Kier alpha value is -1.00. The topological polar surface area (TPSA) is 41.1 Å². The number of rotatable bonds is 5. The molecule has 18 heavy (non-hydrogen) atoms. The maximum Gasteiger partial charge on any atom is 0.238 e. The summed E-state index contributed by atoms with van der Waals surface area (Å²) in [5.74, 6) is 1.30. The molecule has 1 saturated heterocycles. The molecule has 3 nitrogen and oxygen atoms in total. The first-order valence-electron chi connectivity index (χ1n) is 6.43. The van der Waals surface area contributed by atoms with Gasteiger partial charge >= 0.3 is 0 Å². The number of hydrogen-bond donors (Lipinski definition) is 2. The third kappa shape index (κ3) is 4.35. The van der Waals surface area contributed by atoms with Crippen LogP contribution in [0.3, 0.4) is 0 Å². The zero-order valence-electron chi connectivity index (χ0n) is 10.7. The Morgan fingerprint density at radius 3 is 3.11 bits per heavy atom. The van der Waals surface area contributed by atoms with Crippen LogP contribution in [0, 0.1) is 6.92 Å². The Bertz CT molecular complexity index is 403. The molecule has 2 N–H and O–H groups in total. The van der Waals surface area contributed by atoms with Crippen LogP contribution in [0.2, 0.25) is 0 Å². The van der Waals surface area contributed by atoms with Gasteiger partial charge in [0, 0.05) is 17.5 Å². The summed E-state index contributed by atoms with van der Waals surface area (Å²) in [6.45, 7) is 3.35. The van der Waals surface area contributed by atoms with Crippen LogP contribution < -0.4 is 10.6 Å². The van der Waals surface area contributed by atoms with Crippen molar-refractivity contribution >= 4 is 23.4 Å². The quantitative estimate of drug-likeness (QED) is 0.858. The van der Waals surface area contributed by atoms with E-state index in [2.05, 4.69) is 10.6 Å². The fourth-order valence-electron chi connectivity index (χ4n) is 2.08. The molecule has 4 heteroatoms. The first kappa shape index (κ1) is 13.4. The van der Waals surface area contributed by atoms with Crippen LogP contribution in [0.25, 0.3) is 0 Å². The van der Waals surface area contributed by atoms with Gasteiger partial charge in [-0.3, -0.25) is 4.79 Å². The van der Waals surface area contributed by atoms with E-state index in [4.69, 9.17) is 0 Å². The van der Waals surface area contributed by atoms with E-state index in [0.717, 1.165) is 17.8 Å². The van der Waals surface area contributed by atoms with Crippen molar-refractivity contribution in [2.24, 2.45) is 0 Å². The Labute approximate surface area is 113 Å². The molecule has 0 aliphatic carbocycles. The molecule has 1 fully saturated rings. The van der Waals surface area contributed by atoms with Gasteiger partial charge in [-0.05, 0) is 43.2 Å². The third-order valence-corrected chi connectivity index (χ3v) is 4.38. The van der Waals surface area contributed by atoms with Gasteiger partial charge in [-0.2, -0.15) is 11.8 Å². The highest BCUT2D eigenvalue weighted by molar-refractivity contribution is 8.00. The lowest BCUT2D eigenvalue weighted by atomic mass is 10.2. The summed E-state index contributed by atoms with van der Waals surface area (Å²) >= 11 is 2.01. The van der Waals surface area contributed by atoms with Gasteiger partial charge in [0.25, 0.3) is 0 Å². The van der Waals surface area contributed by atoms with Crippen LogP contribution >= 0.6 is 11.8 Å². The Kier molecular flexibility index (Phi) is 5.08. The maximum absolute atomic E-state index is 11.7. The molecule has 1 aliphatic rings. The van der Waals surface area contributed by atoms with Crippen LogP contribution in [-0.4, -0.2) is 30.0 Å². The lowest BCUT2D eigenvalue weighted by Crippen LogP contribution is -2.32. The molecular formula is C14H20N2OS. The molecule has 0 bridgehead atoms. The molecular weight excluding hydrogens is 244 g/mol. The first-order valence-corrected chi connectivity index (χ1v) is 7.48. The van der Waals surface area contributed by atoms with Crippen molar-refractivity contribution in [2.45, 2.75) is 25.0 Å². The van der Waals surface area contributed by atoms with Gasteiger partial charge in [-0.1, -0.05) is 12.1 Å². The highest BCUT2D eigenvalue weighted by atomic mass is 32.2. The SMILES string of the molecule is Cc1cccc(NC(=O)CNCC2CCCS2)c1. The fourth-order valence-corrected chi connectivity index (χ4v) is 3.32. The van der Waals surface area contributed by atoms with Crippen molar-refractivity contribution in [2.75, 3.05) is 24.2 Å². The van der Waals surface area contributed by atoms with Gasteiger partial charge in [0.05, 0.1) is 6.54 Å². The molecule has 1 aliphatic heterocycles. The summed E-state index contributed by atoms with van der Waals surface area (Å²) in [4.78, 5) is 11.7. The molecule has 2 rings (SSSR count). The minimum atomic E-state index is 0.0311. The van der Waals surface area contributed by atoms with E-state index in [1.54, 1.807) is 0 Å². The lowest BCUT2D eigenvalue weighted by molar-refractivity contribution is -0.115. The smallest absolute Gasteiger partial charge is 0.238 e. The molecule has 1 unspecified atom stereocenters.